The van der Waals surface area contributed by atoms with Gasteiger partial charge in [0.2, 0.25) is 0 Å². The molecule has 4 atom stereocenters. The molecule has 1 saturated heterocycles. The van der Waals surface area contributed by atoms with Crippen molar-refractivity contribution in [1.29, 1.82) is 0 Å². The number of carboxylic acids is 1. The van der Waals surface area contributed by atoms with Gasteiger partial charge >= 0.3 is 12.0 Å². The summed E-state index contributed by atoms with van der Waals surface area (Å²) in [4.78, 5) is 25.2. The maximum atomic E-state index is 12.4. The van der Waals surface area contributed by atoms with E-state index in [1.807, 2.05) is 6.92 Å². The van der Waals surface area contributed by atoms with Crippen LogP contribution in [0.25, 0.3) is 0 Å². The first-order chi connectivity index (χ1) is 9.54. The fraction of sp³-hybridized carbons (Fsp3) is 0.867. The lowest BCUT2D eigenvalue weighted by atomic mass is 9.83. The molecule has 2 amide bonds. The number of likely N-dealkylation sites (tertiary alicyclic amines) is 1. The number of rotatable bonds is 3. The molecule has 1 aliphatic carbocycles. The Kier molecular flexibility index (Phi) is 4.89. The molecule has 20 heavy (non-hydrogen) atoms. The summed E-state index contributed by atoms with van der Waals surface area (Å²) in [7, 11) is 0. The van der Waals surface area contributed by atoms with Gasteiger partial charge in [-0.1, -0.05) is 26.2 Å². The number of nitrogens with one attached hydrogen (secondary N) is 1. The zero-order chi connectivity index (χ0) is 14.7. The Labute approximate surface area is 120 Å². The van der Waals surface area contributed by atoms with Crippen molar-refractivity contribution in [2.24, 2.45) is 11.8 Å². The zero-order valence-corrected chi connectivity index (χ0v) is 12.5. The van der Waals surface area contributed by atoms with Crippen molar-refractivity contribution >= 4 is 12.0 Å². The third-order valence-corrected chi connectivity index (χ3v) is 5.08. The molecule has 0 radical (unpaired) electrons. The van der Waals surface area contributed by atoms with Crippen LogP contribution in [0.3, 0.4) is 0 Å². The molecule has 0 aromatic carbocycles. The van der Waals surface area contributed by atoms with E-state index < -0.39 is 11.9 Å². The first kappa shape index (κ1) is 15.1. The van der Waals surface area contributed by atoms with Crippen LogP contribution in [0.2, 0.25) is 0 Å². The fourth-order valence-electron chi connectivity index (χ4n) is 3.68. The second-order valence-electron chi connectivity index (χ2n) is 6.18. The fourth-order valence-corrected chi connectivity index (χ4v) is 3.68. The average molecular weight is 282 g/mol. The maximum Gasteiger partial charge on any atom is 0.317 e. The van der Waals surface area contributed by atoms with Crippen molar-refractivity contribution in [2.75, 3.05) is 6.54 Å². The van der Waals surface area contributed by atoms with Crippen molar-refractivity contribution in [2.45, 2.75) is 64.5 Å². The Morgan fingerprint density at radius 1 is 1.25 bits per heavy atom. The standard InChI is InChI=1S/C15H26N2O3/c1-3-11-6-4-5-7-13(11)16-15(20)17-9-8-12(10(17)2)14(18)19/h10-13H,3-9H2,1-2H3,(H,16,20)(H,18,19). The number of aliphatic carboxylic acids is 1. The first-order valence-electron chi connectivity index (χ1n) is 7.84. The van der Waals surface area contributed by atoms with E-state index in [0.717, 1.165) is 12.8 Å². The normalized spacial score (nSPS) is 34.0. The van der Waals surface area contributed by atoms with E-state index in [0.29, 0.717) is 18.9 Å². The number of carboxylic acid groups (broad SMARTS) is 1. The molecule has 1 aliphatic heterocycles. The molecule has 114 valence electrons. The molecule has 0 aromatic rings. The van der Waals surface area contributed by atoms with Crippen LogP contribution in [0, 0.1) is 11.8 Å². The van der Waals surface area contributed by atoms with Crippen LogP contribution >= 0.6 is 0 Å². The summed E-state index contributed by atoms with van der Waals surface area (Å²) in [6.07, 6.45) is 6.33. The second kappa shape index (κ2) is 6.46. The Morgan fingerprint density at radius 3 is 2.55 bits per heavy atom. The minimum Gasteiger partial charge on any atom is -0.481 e. The number of urea groups is 1. The Bertz CT molecular complexity index is 372. The van der Waals surface area contributed by atoms with Crippen LogP contribution in [0.4, 0.5) is 4.79 Å². The van der Waals surface area contributed by atoms with E-state index >= 15 is 0 Å². The second-order valence-corrected chi connectivity index (χ2v) is 6.18. The van der Waals surface area contributed by atoms with E-state index in [-0.39, 0.29) is 18.1 Å². The SMILES string of the molecule is CCC1CCCCC1NC(=O)N1CCC(C(=O)O)C1C. The van der Waals surface area contributed by atoms with Gasteiger partial charge in [-0.15, -0.1) is 0 Å². The van der Waals surface area contributed by atoms with Crippen LogP contribution in [-0.4, -0.2) is 40.6 Å². The predicted molar refractivity (Wildman–Crippen MR) is 76.5 cm³/mol. The highest BCUT2D eigenvalue weighted by Crippen LogP contribution is 2.28. The summed E-state index contributed by atoms with van der Waals surface area (Å²) in [6.45, 7) is 4.56. The molecule has 2 N–H and O–H groups in total. The largest absolute Gasteiger partial charge is 0.481 e. The Balaban J connectivity index is 1.93. The van der Waals surface area contributed by atoms with Gasteiger partial charge in [0.25, 0.3) is 0 Å². The smallest absolute Gasteiger partial charge is 0.317 e. The molecule has 1 heterocycles. The minimum atomic E-state index is -0.795. The quantitative estimate of drug-likeness (QED) is 0.835. The van der Waals surface area contributed by atoms with Gasteiger partial charge in [0, 0.05) is 18.6 Å². The highest BCUT2D eigenvalue weighted by Gasteiger charge is 2.39. The lowest BCUT2D eigenvalue weighted by molar-refractivity contribution is -0.142. The van der Waals surface area contributed by atoms with E-state index in [1.54, 1.807) is 4.90 Å². The van der Waals surface area contributed by atoms with Crippen LogP contribution < -0.4 is 5.32 Å². The summed E-state index contributed by atoms with van der Waals surface area (Å²) in [6, 6.07) is -0.0277. The molecule has 2 aliphatic rings. The molecule has 0 bridgehead atoms. The third kappa shape index (κ3) is 3.07. The lowest BCUT2D eigenvalue weighted by Gasteiger charge is -2.34. The van der Waals surface area contributed by atoms with Gasteiger partial charge < -0.3 is 15.3 Å². The zero-order valence-electron chi connectivity index (χ0n) is 12.5. The maximum absolute atomic E-state index is 12.4. The third-order valence-electron chi connectivity index (χ3n) is 5.08. The molecular formula is C15H26N2O3. The van der Waals surface area contributed by atoms with Gasteiger partial charge in [-0.25, -0.2) is 4.79 Å². The van der Waals surface area contributed by atoms with Gasteiger partial charge in [-0.2, -0.15) is 0 Å². The molecular weight excluding hydrogens is 256 g/mol. The number of hydrogen-bond donors (Lipinski definition) is 2. The molecule has 5 nitrogen and oxygen atoms in total. The van der Waals surface area contributed by atoms with Crippen LogP contribution in [0.1, 0.15) is 52.4 Å². The van der Waals surface area contributed by atoms with Gasteiger partial charge in [0.1, 0.15) is 0 Å². The summed E-state index contributed by atoms with van der Waals surface area (Å²) in [5, 5.41) is 12.3. The number of nitrogens with zero attached hydrogens (tertiary/aromatic N) is 1. The molecule has 1 saturated carbocycles. The number of hydrogen-bond acceptors (Lipinski definition) is 2. The van der Waals surface area contributed by atoms with Gasteiger partial charge in [-0.05, 0) is 32.1 Å². The van der Waals surface area contributed by atoms with Crippen molar-refractivity contribution in [3.05, 3.63) is 0 Å². The summed E-state index contributed by atoms with van der Waals surface area (Å²) < 4.78 is 0. The number of amides is 2. The van der Waals surface area contributed by atoms with E-state index in [9.17, 15) is 9.59 Å². The predicted octanol–water partition coefficient (Wildman–Crippen LogP) is 2.46. The van der Waals surface area contributed by atoms with Crippen LogP contribution in [-0.2, 0) is 4.79 Å². The van der Waals surface area contributed by atoms with E-state index in [2.05, 4.69) is 12.2 Å². The highest BCUT2D eigenvalue weighted by molar-refractivity contribution is 5.78. The molecule has 0 spiro atoms. The molecule has 2 rings (SSSR count). The summed E-state index contributed by atoms with van der Waals surface area (Å²) >= 11 is 0. The van der Waals surface area contributed by atoms with Crippen molar-refractivity contribution in [3.63, 3.8) is 0 Å². The van der Waals surface area contributed by atoms with Gasteiger partial charge in [0.05, 0.1) is 5.92 Å². The van der Waals surface area contributed by atoms with Crippen LogP contribution in [0.5, 0.6) is 0 Å². The number of carbonyl (C=O) groups is 2. The minimum absolute atomic E-state index is 0.0772. The van der Waals surface area contributed by atoms with Gasteiger partial charge in [0.15, 0.2) is 0 Å². The molecule has 5 heteroatoms. The van der Waals surface area contributed by atoms with Crippen molar-refractivity contribution in [3.8, 4) is 0 Å². The average Bonchev–Trinajstić information content (AvgIpc) is 2.81. The number of carbonyl (C=O) groups excluding carboxylic acids is 1. The molecule has 4 unspecified atom stereocenters. The first-order valence-corrected chi connectivity index (χ1v) is 7.84. The molecule has 2 fully saturated rings. The van der Waals surface area contributed by atoms with E-state index in [4.69, 9.17) is 5.11 Å². The van der Waals surface area contributed by atoms with E-state index in [1.165, 1.54) is 19.3 Å². The van der Waals surface area contributed by atoms with Crippen LogP contribution in [0.15, 0.2) is 0 Å². The summed E-state index contributed by atoms with van der Waals surface area (Å²) in [5.74, 6) is -0.646. The Morgan fingerprint density at radius 2 is 1.95 bits per heavy atom. The van der Waals surface area contributed by atoms with Crippen molar-refractivity contribution in [1.82, 2.24) is 10.2 Å². The monoisotopic (exact) mass is 282 g/mol. The lowest BCUT2D eigenvalue weighted by Crippen LogP contribution is -2.50. The van der Waals surface area contributed by atoms with Gasteiger partial charge in [-0.3, -0.25) is 4.79 Å². The highest BCUT2D eigenvalue weighted by atomic mass is 16.4. The Hall–Kier alpha value is -1.26. The molecule has 0 aromatic heterocycles. The topological polar surface area (TPSA) is 69.6 Å². The van der Waals surface area contributed by atoms with Crippen molar-refractivity contribution < 1.29 is 14.7 Å². The summed E-state index contributed by atoms with van der Waals surface area (Å²) in [5.41, 5.74) is 0.